The number of benzene rings is 2. The van der Waals surface area contributed by atoms with Crippen LogP contribution >= 0.6 is 0 Å². The van der Waals surface area contributed by atoms with Crippen molar-refractivity contribution in [2.24, 2.45) is 0 Å². The molecule has 1 N–H and O–H groups in total. The van der Waals surface area contributed by atoms with Crippen LogP contribution in [0.1, 0.15) is 31.7 Å². The molecule has 0 spiro atoms. The molecule has 6 nitrogen and oxygen atoms in total. The Labute approximate surface area is 152 Å². The number of carbonyl (C=O) groups is 1. The number of rotatable bonds is 7. The Balaban J connectivity index is 1.51. The van der Waals surface area contributed by atoms with Gasteiger partial charge in [-0.25, -0.2) is 0 Å². The first kappa shape index (κ1) is 17.7. The number of aromatic nitrogens is 2. The molecule has 6 heteroatoms. The smallest absolute Gasteiger partial charge is 0.262 e. The number of nitrogens with zero attached hydrogens (tertiary/aromatic N) is 2. The molecule has 1 aromatic heterocycles. The van der Waals surface area contributed by atoms with E-state index in [1.54, 1.807) is 24.3 Å². The Bertz CT molecular complexity index is 828. The number of ether oxygens (including phenoxy) is 1. The van der Waals surface area contributed by atoms with Gasteiger partial charge in [0, 0.05) is 11.3 Å². The molecule has 0 bridgehead atoms. The number of anilines is 1. The molecule has 1 atom stereocenters. The molecule has 0 fully saturated rings. The lowest BCUT2D eigenvalue weighted by atomic mass is 9.99. The van der Waals surface area contributed by atoms with Crippen LogP contribution in [0.2, 0.25) is 0 Å². The second-order valence-corrected chi connectivity index (χ2v) is 6.04. The Kier molecular flexibility index (Phi) is 5.63. The highest BCUT2D eigenvalue weighted by atomic mass is 16.5. The zero-order valence-corrected chi connectivity index (χ0v) is 14.8. The second kappa shape index (κ2) is 8.29. The molecular weight excluding hydrogens is 330 g/mol. The zero-order chi connectivity index (χ0) is 18.4. The predicted molar refractivity (Wildman–Crippen MR) is 99.0 cm³/mol. The molecule has 3 aromatic rings. The van der Waals surface area contributed by atoms with Crippen molar-refractivity contribution in [3.63, 3.8) is 0 Å². The standard InChI is InChI=1S/C20H21N3O3/c1-3-14(2)15-4-8-17(9-5-15)22-19(24)12-25-18-10-6-16(7-11-18)20-23-21-13-26-20/h4-11,13-14H,3,12H2,1-2H3,(H,22,24)/t14-/m1/s1. The lowest BCUT2D eigenvalue weighted by molar-refractivity contribution is -0.118. The van der Waals surface area contributed by atoms with E-state index in [4.69, 9.17) is 9.15 Å². The van der Waals surface area contributed by atoms with E-state index in [1.807, 2.05) is 24.3 Å². The third-order valence-corrected chi connectivity index (χ3v) is 4.21. The zero-order valence-electron chi connectivity index (χ0n) is 14.8. The lowest BCUT2D eigenvalue weighted by Gasteiger charge is -2.11. The van der Waals surface area contributed by atoms with E-state index in [0.717, 1.165) is 17.7 Å². The van der Waals surface area contributed by atoms with E-state index in [-0.39, 0.29) is 12.5 Å². The highest BCUT2D eigenvalue weighted by molar-refractivity contribution is 5.91. The summed E-state index contributed by atoms with van der Waals surface area (Å²) >= 11 is 0. The average Bonchev–Trinajstić information content (AvgIpc) is 3.21. The third kappa shape index (κ3) is 4.47. The van der Waals surface area contributed by atoms with Gasteiger partial charge in [0.05, 0.1) is 0 Å². The first-order valence-electron chi connectivity index (χ1n) is 8.55. The predicted octanol–water partition coefficient (Wildman–Crippen LogP) is 4.27. The van der Waals surface area contributed by atoms with Gasteiger partial charge in [0.15, 0.2) is 6.61 Å². The first-order valence-corrected chi connectivity index (χ1v) is 8.55. The van der Waals surface area contributed by atoms with E-state index in [0.29, 0.717) is 17.6 Å². The molecule has 1 heterocycles. The SMILES string of the molecule is CC[C@@H](C)c1ccc(NC(=O)COc2ccc(-c3nnco3)cc2)cc1. The van der Waals surface area contributed by atoms with Gasteiger partial charge in [0.25, 0.3) is 5.91 Å². The van der Waals surface area contributed by atoms with Crippen LogP contribution in [0.3, 0.4) is 0 Å². The molecule has 2 aromatic carbocycles. The molecule has 0 saturated carbocycles. The van der Waals surface area contributed by atoms with Gasteiger partial charge in [-0.1, -0.05) is 26.0 Å². The quantitative estimate of drug-likeness (QED) is 0.688. The van der Waals surface area contributed by atoms with Crippen LogP contribution in [-0.2, 0) is 4.79 Å². The van der Waals surface area contributed by atoms with Crippen molar-refractivity contribution >= 4 is 11.6 Å². The molecule has 3 rings (SSSR count). The fourth-order valence-corrected chi connectivity index (χ4v) is 2.47. The summed E-state index contributed by atoms with van der Waals surface area (Å²) in [6.45, 7) is 4.28. The minimum absolute atomic E-state index is 0.0625. The van der Waals surface area contributed by atoms with Gasteiger partial charge in [-0.05, 0) is 54.3 Å². The maximum absolute atomic E-state index is 12.0. The second-order valence-electron chi connectivity index (χ2n) is 6.04. The van der Waals surface area contributed by atoms with Gasteiger partial charge in [0.2, 0.25) is 12.3 Å². The minimum Gasteiger partial charge on any atom is -0.484 e. The van der Waals surface area contributed by atoms with E-state index in [1.165, 1.54) is 12.0 Å². The molecule has 1 amide bonds. The Morgan fingerprint density at radius 3 is 2.50 bits per heavy atom. The maximum atomic E-state index is 12.0. The molecule has 0 aliphatic rings. The molecule has 0 saturated heterocycles. The van der Waals surface area contributed by atoms with Crippen LogP contribution in [-0.4, -0.2) is 22.7 Å². The van der Waals surface area contributed by atoms with Gasteiger partial charge in [-0.2, -0.15) is 0 Å². The van der Waals surface area contributed by atoms with Gasteiger partial charge >= 0.3 is 0 Å². The van der Waals surface area contributed by atoms with E-state index < -0.39 is 0 Å². The van der Waals surface area contributed by atoms with Crippen LogP contribution < -0.4 is 10.1 Å². The molecule has 134 valence electrons. The largest absolute Gasteiger partial charge is 0.484 e. The van der Waals surface area contributed by atoms with E-state index in [9.17, 15) is 4.79 Å². The fraction of sp³-hybridized carbons (Fsp3) is 0.250. The fourth-order valence-electron chi connectivity index (χ4n) is 2.47. The van der Waals surface area contributed by atoms with Crippen molar-refractivity contribution in [2.75, 3.05) is 11.9 Å². The number of hydrogen-bond donors (Lipinski definition) is 1. The monoisotopic (exact) mass is 351 g/mol. The molecule has 26 heavy (non-hydrogen) atoms. The van der Waals surface area contributed by atoms with Crippen molar-refractivity contribution in [3.8, 4) is 17.2 Å². The van der Waals surface area contributed by atoms with Crippen LogP contribution in [0.4, 0.5) is 5.69 Å². The van der Waals surface area contributed by atoms with Crippen molar-refractivity contribution in [1.82, 2.24) is 10.2 Å². The summed E-state index contributed by atoms with van der Waals surface area (Å²) in [6, 6.07) is 15.0. The van der Waals surface area contributed by atoms with Crippen LogP contribution in [0.15, 0.2) is 59.3 Å². The number of hydrogen-bond acceptors (Lipinski definition) is 5. The van der Waals surface area contributed by atoms with Crippen molar-refractivity contribution < 1.29 is 13.9 Å². The number of carbonyl (C=O) groups excluding carboxylic acids is 1. The highest BCUT2D eigenvalue weighted by Gasteiger charge is 2.07. The summed E-state index contributed by atoms with van der Waals surface area (Å²) in [7, 11) is 0. The van der Waals surface area contributed by atoms with E-state index >= 15 is 0 Å². The number of amides is 1. The molecule has 0 unspecified atom stereocenters. The lowest BCUT2D eigenvalue weighted by Crippen LogP contribution is -2.20. The van der Waals surface area contributed by atoms with Crippen LogP contribution in [0.5, 0.6) is 5.75 Å². The van der Waals surface area contributed by atoms with Crippen LogP contribution in [0, 0.1) is 0 Å². The van der Waals surface area contributed by atoms with Crippen molar-refractivity contribution in [3.05, 3.63) is 60.5 Å². The van der Waals surface area contributed by atoms with Gasteiger partial charge in [0.1, 0.15) is 5.75 Å². The Morgan fingerprint density at radius 1 is 1.15 bits per heavy atom. The highest BCUT2D eigenvalue weighted by Crippen LogP contribution is 2.21. The minimum atomic E-state index is -0.206. The Morgan fingerprint density at radius 2 is 1.88 bits per heavy atom. The van der Waals surface area contributed by atoms with Crippen molar-refractivity contribution in [2.45, 2.75) is 26.2 Å². The maximum Gasteiger partial charge on any atom is 0.262 e. The molecule has 0 radical (unpaired) electrons. The van der Waals surface area contributed by atoms with Gasteiger partial charge < -0.3 is 14.5 Å². The summed E-state index contributed by atoms with van der Waals surface area (Å²) in [5.41, 5.74) is 2.82. The Hall–Kier alpha value is -3.15. The molecule has 0 aliphatic carbocycles. The summed E-state index contributed by atoms with van der Waals surface area (Å²) in [5.74, 6) is 1.34. The van der Waals surface area contributed by atoms with Gasteiger partial charge in [-0.3, -0.25) is 4.79 Å². The topological polar surface area (TPSA) is 77.2 Å². The number of nitrogens with one attached hydrogen (secondary N) is 1. The summed E-state index contributed by atoms with van der Waals surface area (Å²) in [6.07, 6.45) is 2.37. The summed E-state index contributed by atoms with van der Waals surface area (Å²) in [5, 5.41) is 10.3. The van der Waals surface area contributed by atoms with Gasteiger partial charge in [-0.15, -0.1) is 10.2 Å². The normalized spacial score (nSPS) is 11.8. The van der Waals surface area contributed by atoms with Crippen LogP contribution in [0.25, 0.3) is 11.5 Å². The first-order chi connectivity index (χ1) is 12.7. The average molecular weight is 351 g/mol. The van der Waals surface area contributed by atoms with Crippen molar-refractivity contribution in [1.29, 1.82) is 0 Å². The summed E-state index contributed by atoms with van der Waals surface area (Å²) < 4.78 is 10.6. The molecular formula is C20H21N3O3. The summed E-state index contributed by atoms with van der Waals surface area (Å²) in [4.78, 5) is 12.0. The van der Waals surface area contributed by atoms with E-state index in [2.05, 4.69) is 29.4 Å². The molecule has 0 aliphatic heterocycles. The third-order valence-electron chi connectivity index (χ3n) is 4.21.